The number of aliphatic hydroxyl groups excluding tert-OH is 1. The highest BCUT2D eigenvalue weighted by molar-refractivity contribution is 5.78. The summed E-state index contributed by atoms with van der Waals surface area (Å²) in [4.78, 5) is 27.7. The van der Waals surface area contributed by atoms with Crippen LogP contribution in [0.2, 0.25) is 0 Å². The van der Waals surface area contributed by atoms with Crippen LogP contribution in [-0.4, -0.2) is 66.6 Å². The van der Waals surface area contributed by atoms with Gasteiger partial charge in [-0.05, 0) is 75.0 Å². The molecule has 2 heterocycles. The van der Waals surface area contributed by atoms with Crippen molar-refractivity contribution >= 4 is 11.8 Å². The standard InChI is InChI=1S/C28H46N2O5/c1-27-13-12-23-28(2,18-34-25(35-23)17-29-26(33)19-8-4-5-9-19)22(27)11-10-21(31)20(27)16-24(32)30-14-6-3-7-15-30/h19-23,25,31H,3-18H2,1-2H3,(H,29,33)/t20-,21-,22+,23-,25-,27+,28+/m1/s1. The molecule has 198 valence electrons. The number of aliphatic hydroxyl groups is 1. The number of piperidine rings is 1. The lowest BCUT2D eigenvalue weighted by atomic mass is 9.46. The molecule has 2 saturated heterocycles. The number of hydrogen-bond acceptors (Lipinski definition) is 5. The van der Waals surface area contributed by atoms with Gasteiger partial charge in [-0.1, -0.05) is 26.7 Å². The fourth-order valence-corrected chi connectivity index (χ4v) is 8.37. The summed E-state index contributed by atoms with van der Waals surface area (Å²) in [6, 6.07) is 0. The van der Waals surface area contributed by atoms with Gasteiger partial charge in [-0.3, -0.25) is 9.59 Å². The third-order valence-electron chi connectivity index (χ3n) is 10.5. The summed E-state index contributed by atoms with van der Waals surface area (Å²) in [6.07, 6.45) is 10.9. The Morgan fingerprint density at radius 2 is 1.71 bits per heavy atom. The van der Waals surface area contributed by atoms with Gasteiger partial charge in [0, 0.05) is 30.8 Å². The largest absolute Gasteiger partial charge is 0.393 e. The second kappa shape index (κ2) is 10.3. The van der Waals surface area contributed by atoms with Gasteiger partial charge in [0.2, 0.25) is 11.8 Å². The zero-order valence-corrected chi connectivity index (χ0v) is 21.8. The van der Waals surface area contributed by atoms with E-state index in [2.05, 4.69) is 19.2 Å². The molecule has 2 aliphatic heterocycles. The molecule has 0 aromatic rings. The fraction of sp³-hybridized carbons (Fsp3) is 0.929. The van der Waals surface area contributed by atoms with Crippen LogP contribution < -0.4 is 5.32 Å². The highest BCUT2D eigenvalue weighted by atomic mass is 16.7. The topological polar surface area (TPSA) is 88.1 Å². The van der Waals surface area contributed by atoms with Crippen LogP contribution in [-0.2, 0) is 19.1 Å². The Kier molecular flexibility index (Phi) is 7.49. The SMILES string of the molecule is C[C@@]12CO[C@@H](CNC(=O)C3CCCC3)O[C@@H]1CC[C@]1(C)[C@@H]2CC[C@@H](O)[C@H]1CC(=O)N1CCCCC1. The molecule has 0 radical (unpaired) electrons. The van der Waals surface area contributed by atoms with Crippen LogP contribution in [0.1, 0.15) is 90.9 Å². The molecule has 0 bridgehead atoms. The van der Waals surface area contributed by atoms with E-state index < -0.39 is 12.4 Å². The number of carbonyl (C=O) groups is 2. The van der Waals surface area contributed by atoms with Gasteiger partial charge >= 0.3 is 0 Å². The molecule has 2 N–H and O–H groups in total. The summed E-state index contributed by atoms with van der Waals surface area (Å²) >= 11 is 0. The molecule has 35 heavy (non-hydrogen) atoms. The molecule has 3 aliphatic carbocycles. The highest BCUT2D eigenvalue weighted by Crippen LogP contribution is 2.62. The Labute approximate surface area is 210 Å². The average Bonchev–Trinajstić information content (AvgIpc) is 3.40. The van der Waals surface area contributed by atoms with E-state index in [4.69, 9.17) is 9.47 Å². The van der Waals surface area contributed by atoms with Crippen molar-refractivity contribution in [3.63, 3.8) is 0 Å². The summed E-state index contributed by atoms with van der Waals surface area (Å²) in [5.74, 6) is 0.832. The van der Waals surface area contributed by atoms with Gasteiger partial charge in [-0.15, -0.1) is 0 Å². The summed E-state index contributed by atoms with van der Waals surface area (Å²) in [7, 11) is 0. The minimum Gasteiger partial charge on any atom is -0.393 e. The Balaban J connectivity index is 1.23. The maximum Gasteiger partial charge on any atom is 0.223 e. The first-order valence-corrected chi connectivity index (χ1v) is 14.3. The van der Waals surface area contributed by atoms with Gasteiger partial charge in [0.05, 0.1) is 25.4 Å². The van der Waals surface area contributed by atoms with Crippen LogP contribution in [0.15, 0.2) is 0 Å². The maximum absolute atomic E-state index is 13.2. The van der Waals surface area contributed by atoms with Crippen LogP contribution >= 0.6 is 0 Å². The van der Waals surface area contributed by atoms with E-state index in [0.717, 1.165) is 77.3 Å². The van der Waals surface area contributed by atoms with Gasteiger partial charge < -0.3 is 24.8 Å². The number of nitrogens with zero attached hydrogens (tertiary/aromatic N) is 1. The molecular formula is C28H46N2O5. The van der Waals surface area contributed by atoms with Crippen LogP contribution in [0, 0.1) is 28.6 Å². The van der Waals surface area contributed by atoms with Gasteiger partial charge in [0.1, 0.15) is 0 Å². The average molecular weight is 491 g/mol. The van der Waals surface area contributed by atoms with E-state index in [0.29, 0.717) is 25.5 Å². The van der Waals surface area contributed by atoms with Crippen molar-refractivity contribution in [2.75, 3.05) is 26.2 Å². The van der Waals surface area contributed by atoms with Crippen molar-refractivity contribution in [1.29, 1.82) is 0 Å². The van der Waals surface area contributed by atoms with Crippen LogP contribution in [0.4, 0.5) is 0 Å². The van der Waals surface area contributed by atoms with Crippen molar-refractivity contribution in [3.8, 4) is 0 Å². The van der Waals surface area contributed by atoms with Crippen molar-refractivity contribution in [2.45, 2.75) is 109 Å². The van der Waals surface area contributed by atoms with Gasteiger partial charge in [-0.25, -0.2) is 0 Å². The number of likely N-dealkylation sites (tertiary alicyclic amines) is 1. The van der Waals surface area contributed by atoms with Crippen molar-refractivity contribution in [1.82, 2.24) is 10.2 Å². The Morgan fingerprint density at radius 1 is 0.971 bits per heavy atom. The van der Waals surface area contributed by atoms with Crippen molar-refractivity contribution in [2.24, 2.45) is 28.6 Å². The molecule has 3 saturated carbocycles. The van der Waals surface area contributed by atoms with E-state index in [1.165, 1.54) is 6.42 Å². The number of amides is 2. The first-order valence-electron chi connectivity index (χ1n) is 14.3. The lowest BCUT2D eigenvalue weighted by Gasteiger charge is -2.63. The number of hydrogen-bond donors (Lipinski definition) is 2. The number of nitrogens with one attached hydrogen (secondary N) is 1. The monoisotopic (exact) mass is 490 g/mol. The Hall–Kier alpha value is -1.18. The lowest BCUT2D eigenvalue weighted by molar-refractivity contribution is -0.306. The molecule has 0 unspecified atom stereocenters. The minimum atomic E-state index is -0.422. The third-order valence-corrected chi connectivity index (χ3v) is 10.5. The number of ether oxygens (including phenoxy) is 2. The molecule has 2 amide bonds. The summed E-state index contributed by atoms with van der Waals surface area (Å²) in [5, 5.41) is 14.1. The second-order valence-corrected chi connectivity index (χ2v) is 12.6. The van der Waals surface area contributed by atoms with E-state index in [1.807, 2.05) is 4.90 Å². The summed E-state index contributed by atoms with van der Waals surface area (Å²) in [5.41, 5.74) is -0.254. The summed E-state index contributed by atoms with van der Waals surface area (Å²) < 4.78 is 12.7. The first-order chi connectivity index (χ1) is 16.8. The van der Waals surface area contributed by atoms with Gasteiger partial charge in [0.15, 0.2) is 6.29 Å². The van der Waals surface area contributed by atoms with E-state index in [1.54, 1.807) is 0 Å². The zero-order chi connectivity index (χ0) is 24.6. The van der Waals surface area contributed by atoms with E-state index in [9.17, 15) is 14.7 Å². The summed E-state index contributed by atoms with van der Waals surface area (Å²) in [6.45, 7) is 7.34. The van der Waals surface area contributed by atoms with Gasteiger partial charge in [0.25, 0.3) is 0 Å². The first kappa shape index (κ1) is 25.5. The van der Waals surface area contributed by atoms with Gasteiger partial charge in [-0.2, -0.15) is 0 Å². The van der Waals surface area contributed by atoms with Crippen LogP contribution in [0.3, 0.4) is 0 Å². The quantitative estimate of drug-likeness (QED) is 0.614. The normalized spacial score (nSPS) is 42.3. The smallest absolute Gasteiger partial charge is 0.223 e. The van der Waals surface area contributed by atoms with E-state index in [-0.39, 0.29) is 40.6 Å². The van der Waals surface area contributed by atoms with Crippen molar-refractivity contribution in [3.05, 3.63) is 0 Å². The molecule has 5 aliphatic rings. The van der Waals surface area contributed by atoms with E-state index >= 15 is 0 Å². The molecule has 0 aromatic heterocycles. The second-order valence-electron chi connectivity index (χ2n) is 12.6. The molecule has 7 atom stereocenters. The van der Waals surface area contributed by atoms with Crippen LogP contribution in [0.25, 0.3) is 0 Å². The predicted molar refractivity (Wildman–Crippen MR) is 132 cm³/mol. The molecule has 5 rings (SSSR count). The zero-order valence-electron chi connectivity index (χ0n) is 21.8. The molecular weight excluding hydrogens is 444 g/mol. The van der Waals surface area contributed by atoms with Crippen molar-refractivity contribution < 1.29 is 24.2 Å². The Morgan fingerprint density at radius 3 is 2.46 bits per heavy atom. The third kappa shape index (κ3) is 4.89. The number of carbonyl (C=O) groups excluding carboxylic acids is 2. The molecule has 7 nitrogen and oxygen atoms in total. The molecule has 0 aromatic carbocycles. The minimum absolute atomic E-state index is 0.0168. The Bertz CT molecular complexity index is 779. The molecule has 7 heteroatoms. The van der Waals surface area contributed by atoms with Crippen LogP contribution in [0.5, 0.6) is 0 Å². The highest BCUT2D eigenvalue weighted by Gasteiger charge is 2.61. The number of rotatable bonds is 5. The maximum atomic E-state index is 13.2. The molecule has 0 spiro atoms. The molecule has 5 fully saturated rings. The lowest BCUT2D eigenvalue weighted by Crippen LogP contribution is -2.63. The predicted octanol–water partition coefficient (Wildman–Crippen LogP) is 3.63. The fourth-order valence-electron chi connectivity index (χ4n) is 8.37. The number of fused-ring (bicyclic) bond motifs is 3.